The normalized spacial score (nSPS) is 14.0. The third-order valence-electron chi connectivity index (χ3n) is 1.75. The summed E-state index contributed by atoms with van der Waals surface area (Å²) in [7, 11) is 0. The summed E-state index contributed by atoms with van der Waals surface area (Å²) in [6.07, 6.45) is -5.02. The standard InChI is InChI=1S/C9H6BF6/c11-9(12,13)8(6-10(14,15)16)7-4-2-1-3-5-7/h1-6H/q-1/b8-6-. The van der Waals surface area contributed by atoms with Crippen molar-refractivity contribution in [3.63, 3.8) is 0 Å². The van der Waals surface area contributed by atoms with Crippen LogP contribution in [0.5, 0.6) is 0 Å². The molecule has 0 radical (unpaired) electrons. The molecular weight excluding hydrogens is 233 g/mol. The quantitative estimate of drug-likeness (QED) is 0.540. The van der Waals surface area contributed by atoms with Crippen LogP contribution in [0.3, 0.4) is 0 Å². The molecule has 0 heterocycles. The van der Waals surface area contributed by atoms with Gasteiger partial charge in [-0.15, -0.1) is 5.98 Å². The van der Waals surface area contributed by atoms with Crippen molar-refractivity contribution in [3.8, 4) is 0 Å². The average Bonchev–Trinajstić information content (AvgIpc) is 2.13. The van der Waals surface area contributed by atoms with Crippen molar-refractivity contribution in [2.24, 2.45) is 0 Å². The van der Waals surface area contributed by atoms with Gasteiger partial charge in [0.05, 0.1) is 0 Å². The summed E-state index contributed by atoms with van der Waals surface area (Å²) in [5.41, 5.74) is -2.16. The Labute approximate surface area is 87.6 Å². The number of rotatable bonds is 2. The second-order valence-electron chi connectivity index (χ2n) is 3.07. The van der Waals surface area contributed by atoms with E-state index in [1.54, 1.807) is 0 Å². The highest BCUT2D eigenvalue weighted by Crippen LogP contribution is 2.35. The maximum atomic E-state index is 12.4. The summed E-state index contributed by atoms with van der Waals surface area (Å²) in [4.78, 5) is 0. The SMILES string of the molecule is F[B-](F)(F)/C=C(/c1ccccc1)C(F)(F)F. The third kappa shape index (κ3) is 3.64. The van der Waals surface area contributed by atoms with Crippen LogP contribution in [-0.2, 0) is 0 Å². The molecule has 0 amide bonds. The third-order valence-corrected chi connectivity index (χ3v) is 1.75. The first-order chi connectivity index (χ1) is 7.20. The van der Waals surface area contributed by atoms with E-state index in [0.717, 1.165) is 12.1 Å². The lowest BCUT2D eigenvalue weighted by molar-refractivity contribution is -0.0689. The van der Waals surface area contributed by atoms with E-state index in [1.807, 2.05) is 0 Å². The molecule has 0 spiro atoms. The van der Waals surface area contributed by atoms with Gasteiger partial charge < -0.3 is 12.9 Å². The van der Waals surface area contributed by atoms with Crippen molar-refractivity contribution < 1.29 is 26.1 Å². The minimum absolute atomic E-state index is 0.491. The van der Waals surface area contributed by atoms with Gasteiger partial charge in [0, 0.05) is 5.57 Å². The minimum Gasteiger partial charge on any atom is -0.445 e. The molecule has 0 N–H and O–H groups in total. The molecule has 0 bridgehead atoms. The molecule has 0 atom stereocenters. The van der Waals surface area contributed by atoms with Gasteiger partial charge in [-0.1, -0.05) is 30.3 Å². The van der Waals surface area contributed by atoms with E-state index in [2.05, 4.69) is 0 Å². The van der Waals surface area contributed by atoms with E-state index in [0.29, 0.717) is 0 Å². The van der Waals surface area contributed by atoms with Crippen LogP contribution in [0.4, 0.5) is 26.1 Å². The number of halogens is 6. The van der Waals surface area contributed by atoms with Gasteiger partial charge in [-0.25, -0.2) is 0 Å². The summed E-state index contributed by atoms with van der Waals surface area (Å²) in [5, 5.41) is 0. The van der Waals surface area contributed by atoms with Gasteiger partial charge in [0.2, 0.25) is 0 Å². The lowest BCUT2D eigenvalue weighted by Gasteiger charge is -2.16. The second-order valence-corrected chi connectivity index (χ2v) is 3.07. The van der Waals surface area contributed by atoms with E-state index < -0.39 is 30.3 Å². The molecule has 1 rings (SSSR count). The number of allylic oxidation sites excluding steroid dienone is 1. The predicted molar refractivity (Wildman–Crippen MR) is 49.6 cm³/mol. The Morgan fingerprint density at radius 2 is 1.50 bits per heavy atom. The lowest BCUT2D eigenvalue weighted by Crippen LogP contribution is -2.18. The van der Waals surface area contributed by atoms with Gasteiger partial charge in [0.15, 0.2) is 0 Å². The second kappa shape index (κ2) is 4.23. The van der Waals surface area contributed by atoms with E-state index in [9.17, 15) is 26.1 Å². The zero-order valence-corrected chi connectivity index (χ0v) is 7.81. The fourth-order valence-corrected chi connectivity index (χ4v) is 1.16. The molecule has 0 aromatic heterocycles. The van der Waals surface area contributed by atoms with E-state index >= 15 is 0 Å². The van der Waals surface area contributed by atoms with Gasteiger partial charge in [0.25, 0.3) is 0 Å². The van der Waals surface area contributed by atoms with Crippen LogP contribution in [0.2, 0.25) is 0 Å². The first-order valence-corrected chi connectivity index (χ1v) is 4.25. The Morgan fingerprint density at radius 3 is 1.88 bits per heavy atom. The molecule has 1 aromatic rings. The molecule has 0 fully saturated rings. The monoisotopic (exact) mass is 239 g/mol. The molecule has 0 saturated heterocycles. The molecule has 88 valence electrons. The fourth-order valence-electron chi connectivity index (χ4n) is 1.16. The lowest BCUT2D eigenvalue weighted by atomic mass is 9.86. The highest BCUT2D eigenvalue weighted by molar-refractivity contribution is 6.65. The Bertz CT molecular complexity index is 375. The molecule has 0 unspecified atom stereocenters. The van der Waals surface area contributed by atoms with Crippen LogP contribution in [0.15, 0.2) is 36.3 Å². The number of hydrogen-bond acceptors (Lipinski definition) is 0. The van der Waals surface area contributed by atoms with E-state index in [1.165, 1.54) is 18.2 Å². The average molecular weight is 239 g/mol. The summed E-state index contributed by atoms with van der Waals surface area (Å²) in [5.74, 6) is -0.671. The Kier molecular flexibility index (Phi) is 3.35. The molecule has 1 aromatic carbocycles. The van der Waals surface area contributed by atoms with E-state index in [4.69, 9.17) is 0 Å². The zero-order valence-electron chi connectivity index (χ0n) is 7.81. The van der Waals surface area contributed by atoms with Crippen molar-refractivity contribution in [3.05, 3.63) is 41.9 Å². The van der Waals surface area contributed by atoms with Crippen molar-refractivity contribution in [2.75, 3.05) is 0 Å². The van der Waals surface area contributed by atoms with E-state index in [-0.39, 0.29) is 0 Å². The van der Waals surface area contributed by atoms with Crippen LogP contribution in [0.1, 0.15) is 5.56 Å². The molecule has 0 nitrogen and oxygen atoms in total. The number of benzene rings is 1. The Morgan fingerprint density at radius 1 is 1.00 bits per heavy atom. The van der Waals surface area contributed by atoms with Crippen LogP contribution in [0.25, 0.3) is 5.57 Å². The minimum atomic E-state index is -5.63. The first-order valence-electron chi connectivity index (χ1n) is 4.25. The number of alkyl halides is 3. The zero-order chi connectivity index (χ0) is 12.4. The molecule has 0 aliphatic carbocycles. The van der Waals surface area contributed by atoms with Crippen LogP contribution < -0.4 is 0 Å². The molecule has 7 heteroatoms. The van der Waals surface area contributed by atoms with Crippen LogP contribution in [0, 0.1) is 0 Å². The summed E-state index contributed by atoms with van der Waals surface area (Å²) in [6.45, 7) is -5.63. The topological polar surface area (TPSA) is 0 Å². The van der Waals surface area contributed by atoms with Gasteiger partial charge >= 0.3 is 13.2 Å². The molecule has 16 heavy (non-hydrogen) atoms. The van der Waals surface area contributed by atoms with Crippen LogP contribution >= 0.6 is 0 Å². The molecule has 0 aliphatic heterocycles. The molecule has 0 saturated carbocycles. The number of hydrogen-bond donors (Lipinski definition) is 0. The summed E-state index contributed by atoms with van der Waals surface area (Å²) in [6, 6.07) is 5.90. The molecule has 0 aliphatic rings. The Balaban J connectivity index is 3.24. The predicted octanol–water partition coefficient (Wildman–Crippen LogP) is 4.02. The summed E-state index contributed by atoms with van der Waals surface area (Å²) < 4.78 is 73.2. The summed E-state index contributed by atoms with van der Waals surface area (Å²) >= 11 is 0. The van der Waals surface area contributed by atoms with Crippen molar-refractivity contribution >= 4 is 12.6 Å². The Hall–Kier alpha value is -1.40. The first kappa shape index (κ1) is 12.7. The largest absolute Gasteiger partial charge is 0.503 e. The highest BCUT2D eigenvalue weighted by atomic mass is 19.4. The van der Waals surface area contributed by atoms with Gasteiger partial charge in [-0.2, -0.15) is 13.2 Å². The fraction of sp³-hybridized carbons (Fsp3) is 0.111. The molecular formula is C9H6BF6-. The van der Waals surface area contributed by atoms with Gasteiger partial charge in [-0.3, -0.25) is 0 Å². The van der Waals surface area contributed by atoms with Gasteiger partial charge in [-0.05, 0) is 5.56 Å². The van der Waals surface area contributed by atoms with Crippen molar-refractivity contribution in [1.82, 2.24) is 0 Å². The van der Waals surface area contributed by atoms with Crippen molar-refractivity contribution in [2.45, 2.75) is 6.18 Å². The maximum absolute atomic E-state index is 12.4. The van der Waals surface area contributed by atoms with Crippen molar-refractivity contribution in [1.29, 1.82) is 0 Å². The van der Waals surface area contributed by atoms with Gasteiger partial charge in [0.1, 0.15) is 0 Å². The van der Waals surface area contributed by atoms with Crippen LogP contribution in [-0.4, -0.2) is 13.2 Å². The smallest absolute Gasteiger partial charge is 0.445 e. The highest BCUT2D eigenvalue weighted by Gasteiger charge is 2.36. The maximum Gasteiger partial charge on any atom is 0.503 e.